The molecule has 2 heterocycles. The molecular formula is C35H52O4. The van der Waals surface area contributed by atoms with E-state index in [0.717, 1.165) is 58.5 Å². The predicted molar refractivity (Wildman–Crippen MR) is 159 cm³/mol. The van der Waals surface area contributed by atoms with Crippen LogP contribution in [0.25, 0.3) is 0 Å². The Morgan fingerprint density at radius 3 is 2.23 bits per heavy atom. The topological polar surface area (TPSA) is 36.9 Å². The Hall–Kier alpha value is -1.72. The largest absolute Gasteiger partial charge is 0.353 e. The summed E-state index contributed by atoms with van der Waals surface area (Å²) in [5, 5.41) is 0. The first-order valence-electron chi connectivity index (χ1n) is 15.9. The highest BCUT2D eigenvalue weighted by molar-refractivity contribution is 5.22. The highest BCUT2D eigenvalue weighted by Crippen LogP contribution is 2.43. The highest BCUT2D eigenvalue weighted by atomic mass is 16.7. The van der Waals surface area contributed by atoms with Gasteiger partial charge in [0.15, 0.2) is 12.1 Å². The normalized spacial score (nSPS) is 24.4. The van der Waals surface area contributed by atoms with E-state index in [1.807, 2.05) is 0 Å². The number of hydrogen-bond donors (Lipinski definition) is 0. The van der Waals surface area contributed by atoms with Crippen LogP contribution >= 0.6 is 0 Å². The van der Waals surface area contributed by atoms with Gasteiger partial charge in [-0.3, -0.25) is 0 Å². The summed E-state index contributed by atoms with van der Waals surface area (Å²) in [6.45, 7) is 5.43. The number of rotatable bonds is 17. The lowest BCUT2D eigenvalue weighted by Gasteiger charge is -2.43. The Morgan fingerprint density at radius 2 is 1.51 bits per heavy atom. The lowest BCUT2D eigenvalue weighted by Crippen LogP contribution is -2.44. The van der Waals surface area contributed by atoms with Gasteiger partial charge in [-0.1, -0.05) is 106 Å². The summed E-state index contributed by atoms with van der Waals surface area (Å²) < 4.78 is 25.0. The SMILES string of the molecule is CCC1CCCOC1(OCCCCCCCCCC(COC1CCCCO1)c1ccccc1)c1ccccc1. The molecule has 39 heavy (non-hydrogen) atoms. The summed E-state index contributed by atoms with van der Waals surface area (Å²) in [4.78, 5) is 0. The van der Waals surface area contributed by atoms with Gasteiger partial charge in [0, 0.05) is 24.0 Å². The third kappa shape index (κ3) is 9.42. The monoisotopic (exact) mass is 536 g/mol. The lowest BCUT2D eigenvalue weighted by molar-refractivity contribution is -0.296. The van der Waals surface area contributed by atoms with Gasteiger partial charge in [0.25, 0.3) is 0 Å². The molecule has 2 aromatic rings. The second kappa shape index (κ2) is 17.2. The van der Waals surface area contributed by atoms with Crippen LogP contribution < -0.4 is 0 Å². The molecule has 0 radical (unpaired) electrons. The van der Waals surface area contributed by atoms with Crippen molar-refractivity contribution < 1.29 is 18.9 Å². The van der Waals surface area contributed by atoms with Crippen molar-refractivity contribution in [2.75, 3.05) is 26.4 Å². The quantitative estimate of drug-likeness (QED) is 0.189. The molecule has 4 unspecified atom stereocenters. The minimum Gasteiger partial charge on any atom is -0.353 e. The second-order valence-corrected chi connectivity index (χ2v) is 11.5. The first-order valence-corrected chi connectivity index (χ1v) is 15.9. The third-order valence-electron chi connectivity index (χ3n) is 8.63. The van der Waals surface area contributed by atoms with Gasteiger partial charge in [0.1, 0.15) is 0 Å². The zero-order valence-corrected chi connectivity index (χ0v) is 24.4. The van der Waals surface area contributed by atoms with E-state index in [-0.39, 0.29) is 6.29 Å². The van der Waals surface area contributed by atoms with Crippen molar-refractivity contribution >= 4 is 0 Å². The highest BCUT2D eigenvalue weighted by Gasteiger charge is 2.43. The van der Waals surface area contributed by atoms with Crippen molar-refractivity contribution in [3.8, 4) is 0 Å². The molecule has 0 amide bonds. The maximum Gasteiger partial charge on any atom is 0.197 e. The van der Waals surface area contributed by atoms with Crippen LogP contribution in [-0.4, -0.2) is 32.7 Å². The summed E-state index contributed by atoms with van der Waals surface area (Å²) in [6.07, 6.45) is 16.8. The number of benzene rings is 2. The average Bonchev–Trinajstić information content (AvgIpc) is 3.01. The predicted octanol–water partition coefficient (Wildman–Crippen LogP) is 9.14. The van der Waals surface area contributed by atoms with Crippen molar-refractivity contribution in [2.24, 2.45) is 5.92 Å². The Morgan fingerprint density at radius 1 is 0.795 bits per heavy atom. The maximum atomic E-state index is 6.60. The fourth-order valence-corrected chi connectivity index (χ4v) is 6.30. The summed E-state index contributed by atoms with van der Waals surface area (Å²) in [5.74, 6) is 0.324. The van der Waals surface area contributed by atoms with Crippen LogP contribution in [0.4, 0.5) is 0 Å². The van der Waals surface area contributed by atoms with Gasteiger partial charge in [0.2, 0.25) is 0 Å². The van der Waals surface area contributed by atoms with Gasteiger partial charge >= 0.3 is 0 Å². The molecule has 2 saturated heterocycles. The van der Waals surface area contributed by atoms with E-state index in [1.165, 1.54) is 68.9 Å². The van der Waals surface area contributed by atoms with Gasteiger partial charge in [0.05, 0.1) is 19.8 Å². The Balaban J connectivity index is 1.11. The molecule has 2 aromatic carbocycles. The minimum absolute atomic E-state index is 0.00551. The van der Waals surface area contributed by atoms with Crippen LogP contribution in [0.3, 0.4) is 0 Å². The van der Waals surface area contributed by atoms with Gasteiger partial charge < -0.3 is 18.9 Å². The zero-order chi connectivity index (χ0) is 27.0. The van der Waals surface area contributed by atoms with Crippen LogP contribution in [0.15, 0.2) is 60.7 Å². The minimum atomic E-state index is -0.559. The maximum absolute atomic E-state index is 6.60. The molecule has 0 aliphatic carbocycles. The molecule has 4 nitrogen and oxygen atoms in total. The molecule has 0 N–H and O–H groups in total. The molecule has 0 aromatic heterocycles. The Kier molecular flexibility index (Phi) is 13.3. The van der Waals surface area contributed by atoms with Crippen molar-refractivity contribution in [2.45, 2.75) is 115 Å². The van der Waals surface area contributed by atoms with Crippen LogP contribution in [0.5, 0.6) is 0 Å². The van der Waals surface area contributed by atoms with Gasteiger partial charge in [-0.15, -0.1) is 0 Å². The molecule has 216 valence electrons. The summed E-state index contributed by atoms with van der Waals surface area (Å²) in [7, 11) is 0. The first-order chi connectivity index (χ1) is 19.3. The fourth-order valence-electron chi connectivity index (χ4n) is 6.30. The van der Waals surface area contributed by atoms with E-state index in [2.05, 4.69) is 67.6 Å². The van der Waals surface area contributed by atoms with Crippen molar-refractivity contribution in [3.05, 3.63) is 71.8 Å². The van der Waals surface area contributed by atoms with Crippen LogP contribution in [0.1, 0.15) is 114 Å². The fraction of sp³-hybridized carbons (Fsp3) is 0.657. The standard InChI is InChI=1S/C35H52O4/c1-2-32-24-18-28-39-35(32,33-22-13-9-14-23-33)38-27-16-7-5-3-4-6-10-21-31(30-19-11-8-12-20-30)29-37-34-25-15-17-26-36-34/h8-9,11-14,19-20,22-23,31-32,34H,2-7,10,15-18,21,24-29H2,1H3. The smallest absolute Gasteiger partial charge is 0.197 e. The van der Waals surface area contributed by atoms with E-state index in [9.17, 15) is 0 Å². The molecule has 0 spiro atoms. The molecule has 2 fully saturated rings. The number of ether oxygens (including phenoxy) is 4. The molecular weight excluding hydrogens is 484 g/mol. The van der Waals surface area contributed by atoms with Gasteiger partial charge in [-0.2, -0.15) is 0 Å². The summed E-state index contributed by atoms with van der Waals surface area (Å²) in [6, 6.07) is 21.5. The first kappa shape index (κ1) is 30.2. The van der Waals surface area contributed by atoms with Gasteiger partial charge in [-0.25, -0.2) is 0 Å². The Labute approximate surface area is 237 Å². The lowest BCUT2D eigenvalue weighted by atomic mass is 9.84. The van der Waals surface area contributed by atoms with Crippen molar-refractivity contribution in [3.63, 3.8) is 0 Å². The molecule has 4 rings (SSSR count). The van der Waals surface area contributed by atoms with E-state index in [1.54, 1.807) is 0 Å². The van der Waals surface area contributed by atoms with Crippen molar-refractivity contribution in [1.29, 1.82) is 0 Å². The van der Waals surface area contributed by atoms with Crippen LogP contribution in [0, 0.1) is 5.92 Å². The van der Waals surface area contributed by atoms with E-state index < -0.39 is 5.79 Å². The van der Waals surface area contributed by atoms with Crippen LogP contribution in [0.2, 0.25) is 0 Å². The van der Waals surface area contributed by atoms with E-state index >= 15 is 0 Å². The molecule has 2 aliphatic heterocycles. The van der Waals surface area contributed by atoms with E-state index in [0.29, 0.717) is 11.8 Å². The number of unbranched alkanes of at least 4 members (excludes halogenated alkanes) is 6. The second-order valence-electron chi connectivity index (χ2n) is 11.5. The third-order valence-corrected chi connectivity index (χ3v) is 8.63. The molecule has 2 aliphatic rings. The molecule has 4 heteroatoms. The van der Waals surface area contributed by atoms with E-state index in [4.69, 9.17) is 18.9 Å². The van der Waals surface area contributed by atoms with Crippen LogP contribution in [-0.2, 0) is 24.7 Å². The zero-order valence-electron chi connectivity index (χ0n) is 24.4. The Bertz CT molecular complexity index is 882. The summed E-state index contributed by atoms with van der Waals surface area (Å²) >= 11 is 0. The average molecular weight is 537 g/mol. The van der Waals surface area contributed by atoms with Crippen molar-refractivity contribution in [1.82, 2.24) is 0 Å². The van der Waals surface area contributed by atoms with Gasteiger partial charge in [-0.05, 0) is 56.9 Å². The molecule has 0 bridgehead atoms. The molecule has 4 atom stereocenters. The number of hydrogen-bond acceptors (Lipinski definition) is 4. The molecule has 0 saturated carbocycles. The summed E-state index contributed by atoms with van der Waals surface area (Å²) in [5.41, 5.74) is 2.58.